The molecule has 13 heteroatoms. The summed E-state index contributed by atoms with van der Waals surface area (Å²) >= 11 is 0. The number of hydrogen-bond acceptors (Lipinski definition) is 8. The average molecular weight is 460 g/mol. The number of rotatable bonds is 5. The van der Waals surface area contributed by atoms with Crippen LogP contribution in [0.25, 0.3) is 28.2 Å². The Hall–Kier alpha value is -5.07. The molecule has 1 aromatic carbocycles. The minimum atomic E-state index is -0.650. The van der Waals surface area contributed by atoms with Gasteiger partial charge >= 0.3 is 11.6 Å². The summed E-state index contributed by atoms with van der Waals surface area (Å²) in [4.78, 5) is 41.7. The van der Waals surface area contributed by atoms with Gasteiger partial charge in [-0.05, 0) is 6.07 Å². The highest BCUT2D eigenvalue weighted by Crippen LogP contribution is 2.28. The minimum absolute atomic E-state index is 0.157. The Morgan fingerprint density at radius 1 is 1.06 bits per heavy atom. The van der Waals surface area contributed by atoms with Crippen molar-refractivity contribution in [2.24, 2.45) is 24.3 Å². The summed E-state index contributed by atoms with van der Waals surface area (Å²) in [6.45, 7) is 0. The van der Waals surface area contributed by atoms with Crippen LogP contribution in [-0.2, 0) is 14.1 Å². The quantitative estimate of drug-likeness (QED) is 0.239. The van der Waals surface area contributed by atoms with Crippen molar-refractivity contribution >= 4 is 35.3 Å². The summed E-state index contributed by atoms with van der Waals surface area (Å²) < 4.78 is 9.69. The second-order valence-corrected chi connectivity index (χ2v) is 7.32. The molecule has 0 unspecified atom stereocenters. The maximum atomic E-state index is 12.7. The molecule has 4 aromatic heterocycles. The normalized spacial score (nSPS) is 12.1. The second-order valence-electron chi connectivity index (χ2n) is 7.32. The van der Waals surface area contributed by atoms with Gasteiger partial charge in [0.15, 0.2) is 16.9 Å². The number of nitro groups is 1. The molecule has 0 fully saturated rings. The molecule has 34 heavy (non-hydrogen) atoms. The molecule has 0 atom stereocenters. The highest BCUT2D eigenvalue weighted by molar-refractivity contribution is 5.93. The van der Waals surface area contributed by atoms with Crippen LogP contribution in [0.1, 0.15) is 11.5 Å². The number of fused-ring (bicyclic) bond motifs is 3. The molecule has 13 nitrogen and oxygen atoms in total. The molecule has 170 valence electrons. The number of hydrogen-bond donors (Lipinski definition) is 1. The lowest BCUT2D eigenvalue weighted by Crippen LogP contribution is -2.28. The topological polar surface area (TPSA) is 158 Å². The Kier molecular flexibility index (Phi) is 4.78. The van der Waals surface area contributed by atoms with Gasteiger partial charge in [0.1, 0.15) is 4.92 Å². The van der Waals surface area contributed by atoms with Gasteiger partial charge in [-0.15, -0.1) is 0 Å². The summed E-state index contributed by atoms with van der Waals surface area (Å²) in [6.07, 6.45) is 2.67. The Balaban J connectivity index is 1.71. The van der Waals surface area contributed by atoms with E-state index < -0.39 is 22.1 Å². The lowest BCUT2D eigenvalue weighted by molar-refractivity contribution is -0.402. The SMILES string of the molecule is Cn1c(-c2ccccc2)c(/C=N/N=C/c2ccc([N+](=O)[O-])o2)n2c3c(=O)[nH]c(=O)n(C)c3nc12. The van der Waals surface area contributed by atoms with Gasteiger partial charge in [0.25, 0.3) is 5.56 Å². The van der Waals surface area contributed by atoms with Crippen LogP contribution in [0.5, 0.6) is 0 Å². The number of nitrogens with zero attached hydrogens (tertiary/aromatic N) is 7. The third-order valence-electron chi connectivity index (χ3n) is 5.29. The van der Waals surface area contributed by atoms with Gasteiger partial charge in [0, 0.05) is 19.7 Å². The van der Waals surface area contributed by atoms with Crippen molar-refractivity contribution in [3.8, 4) is 11.3 Å². The largest absolute Gasteiger partial charge is 0.433 e. The number of benzene rings is 1. The zero-order valence-corrected chi connectivity index (χ0v) is 17.9. The van der Waals surface area contributed by atoms with Crippen LogP contribution in [0, 0.1) is 10.1 Å². The molecule has 0 saturated carbocycles. The first-order chi connectivity index (χ1) is 16.4. The molecule has 0 bridgehead atoms. The lowest BCUT2D eigenvalue weighted by atomic mass is 10.1. The van der Waals surface area contributed by atoms with Crippen LogP contribution in [0.4, 0.5) is 5.88 Å². The summed E-state index contributed by atoms with van der Waals surface area (Å²) in [5.41, 5.74) is 1.30. The Labute approximate surface area is 189 Å². The molecule has 0 aliphatic carbocycles. The first-order valence-corrected chi connectivity index (χ1v) is 9.93. The van der Waals surface area contributed by atoms with E-state index in [1.54, 1.807) is 16.0 Å². The Morgan fingerprint density at radius 2 is 1.79 bits per heavy atom. The van der Waals surface area contributed by atoms with E-state index in [4.69, 9.17) is 4.42 Å². The number of aryl methyl sites for hydroxylation is 2. The average Bonchev–Trinajstić information content (AvgIpc) is 3.51. The molecule has 4 heterocycles. The van der Waals surface area contributed by atoms with Crippen LogP contribution in [-0.4, -0.2) is 40.9 Å². The monoisotopic (exact) mass is 460 g/mol. The molecular formula is C21H16N8O5. The van der Waals surface area contributed by atoms with Crippen molar-refractivity contribution in [1.29, 1.82) is 0 Å². The molecule has 5 aromatic rings. The number of aromatic amines is 1. The van der Waals surface area contributed by atoms with Crippen molar-refractivity contribution in [3.63, 3.8) is 0 Å². The molecule has 5 rings (SSSR count). The van der Waals surface area contributed by atoms with Gasteiger partial charge in [-0.25, -0.2) is 4.79 Å². The van der Waals surface area contributed by atoms with E-state index in [0.29, 0.717) is 17.2 Å². The van der Waals surface area contributed by atoms with E-state index in [2.05, 4.69) is 20.2 Å². The maximum absolute atomic E-state index is 12.7. The number of imidazole rings is 2. The third kappa shape index (κ3) is 3.23. The predicted octanol–water partition coefficient (Wildman–Crippen LogP) is 1.83. The molecule has 0 aliphatic heterocycles. The van der Waals surface area contributed by atoms with E-state index >= 15 is 0 Å². The molecule has 0 amide bonds. The van der Waals surface area contributed by atoms with Gasteiger partial charge in [-0.2, -0.15) is 15.2 Å². The van der Waals surface area contributed by atoms with E-state index in [0.717, 1.165) is 5.56 Å². The van der Waals surface area contributed by atoms with Gasteiger partial charge in [0.2, 0.25) is 5.78 Å². The van der Waals surface area contributed by atoms with Crippen LogP contribution >= 0.6 is 0 Å². The van der Waals surface area contributed by atoms with Crippen LogP contribution < -0.4 is 11.2 Å². The summed E-state index contributed by atoms with van der Waals surface area (Å²) in [7, 11) is 3.31. The number of nitrogens with one attached hydrogen (secondary N) is 1. The standard InChI is InChI=1S/C21H16N8O5/c1-26-16(12-6-4-3-5-7-12)14(11-23-22-10-13-8-9-15(34-13)29(32)33)28-17-18(24-20(26)28)27(2)21(31)25-19(17)30/h3-11H,1-2H3,(H,25,30,31)/b22-10+,23-11+. The fraction of sp³-hybridized carbons (Fsp3) is 0.0952. The van der Waals surface area contributed by atoms with Crippen LogP contribution in [0.2, 0.25) is 0 Å². The number of H-pyrrole nitrogens is 1. The summed E-state index contributed by atoms with van der Waals surface area (Å²) in [5, 5.41) is 18.8. The predicted molar refractivity (Wildman–Crippen MR) is 124 cm³/mol. The smallest absolute Gasteiger partial charge is 0.400 e. The summed E-state index contributed by atoms with van der Waals surface area (Å²) in [5.74, 6) is 0.175. The van der Waals surface area contributed by atoms with E-state index in [-0.39, 0.29) is 16.9 Å². The highest BCUT2D eigenvalue weighted by Gasteiger charge is 2.23. The molecule has 0 spiro atoms. The van der Waals surface area contributed by atoms with Gasteiger partial charge < -0.3 is 8.98 Å². The zero-order chi connectivity index (χ0) is 24.0. The molecular weight excluding hydrogens is 444 g/mol. The number of aromatic nitrogens is 5. The lowest BCUT2D eigenvalue weighted by Gasteiger charge is -2.05. The third-order valence-corrected chi connectivity index (χ3v) is 5.29. The van der Waals surface area contributed by atoms with Crippen molar-refractivity contribution in [2.45, 2.75) is 0 Å². The Morgan fingerprint density at radius 3 is 2.50 bits per heavy atom. The van der Waals surface area contributed by atoms with Crippen molar-refractivity contribution in [3.05, 3.63) is 84.9 Å². The van der Waals surface area contributed by atoms with Gasteiger partial charge in [0.05, 0.1) is 29.9 Å². The molecule has 0 aliphatic rings. The zero-order valence-electron chi connectivity index (χ0n) is 17.9. The van der Waals surface area contributed by atoms with E-state index in [1.807, 2.05) is 30.3 Å². The molecule has 1 N–H and O–H groups in total. The minimum Gasteiger partial charge on any atom is -0.400 e. The maximum Gasteiger partial charge on any atom is 0.433 e. The fourth-order valence-corrected chi connectivity index (χ4v) is 3.75. The van der Waals surface area contributed by atoms with Crippen molar-refractivity contribution < 1.29 is 9.34 Å². The van der Waals surface area contributed by atoms with Crippen LogP contribution in [0.3, 0.4) is 0 Å². The highest BCUT2D eigenvalue weighted by atomic mass is 16.6. The Bertz CT molecular complexity index is 1750. The van der Waals surface area contributed by atoms with E-state index in [9.17, 15) is 19.7 Å². The van der Waals surface area contributed by atoms with E-state index in [1.165, 1.54) is 36.2 Å². The molecule has 0 saturated heterocycles. The summed E-state index contributed by atoms with van der Waals surface area (Å²) in [6, 6.07) is 12.1. The van der Waals surface area contributed by atoms with Gasteiger partial charge in [-0.3, -0.25) is 28.9 Å². The van der Waals surface area contributed by atoms with Crippen molar-refractivity contribution in [2.75, 3.05) is 0 Å². The fourth-order valence-electron chi connectivity index (χ4n) is 3.75. The first-order valence-electron chi connectivity index (χ1n) is 9.93. The molecule has 0 radical (unpaired) electrons. The second kappa shape index (κ2) is 7.81. The van der Waals surface area contributed by atoms with Gasteiger partial charge in [-0.1, -0.05) is 30.3 Å². The first kappa shape index (κ1) is 20.8. The van der Waals surface area contributed by atoms with Crippen molar-refractivity contribution in [1.82, 2.24) is 23.5 Å². The number of furan rings is 1. The van der Waals surface area contributed by atoms with Crippen LogP contribution in [0.15, 0.2) is 66.7 Å².